The molecule has 0 heterocycles. The van der Waals surface area contributed by atoms with E-state index >= 15 is 0 Å². The third kappa shape index (κ3) is 4.12. The maximum absolute atomic E-state index is 5.68. The van der Waals surface area contributed by atoms with Gasteiger partial charge in [-0.15, -0.1) is 0 Å². The van der Waals surface area contributed by atoms with Gasteiger partial charge in [0.15, 0.2) is 5.96 Å². The molecule has 1 aliphatic rings. The van der Waals surface area contributed by atoms with Crippen LogP contribution in [0.2, 0.25) is 0 Å². The van der Waals surface area contributed by atoms with E-state index in [1.807, 2.05) is 14.1 Å². The predicted octanol–water partition coefficient (Wildman–Crippen LogP) is 0.00320. The lowest BCUT2D eigenvalue weighted by Gasteiger charge is -2.17. The zero-order valence-corrected chi connectivity index (χ0v) is 8.75. The second-order valence-corrected chi connectivity index (χ2v) is 3.96. The van der Waals surface area contributed by atoms with E-state index < -0.39 is 0 Å². The van der Waals surface area contributed by atoms with Gasteiger partial charge in [-0.05, 0) is 33.9 Å². The van der Waals surface area contributed by atoms with E-state index in [1.54, 1.807) is 0 Å². The van der Waals surface area contributed by atoms with Crippen molar-refractivity contribution in [2.24, 2.45) is 10.7 Å². The van der Waals surface area contributed by atoms with Crippen molar-refractivity contribution < 1.29 is 0 Å². The second kappa shape index (κ2) is 4.46. The monoisotopic (exact) mass is 184 g/mol. The van der Waals surface area contributed by atoms with Gasteiger partial charge in [0.25, 0.3) is 0 Å². The summed E-state index contributed by atoms with van der Waals surface area (Å²) in [7, 11) is 4.09. The molecule has 0 bridgehead atoms. The van der Waals surface area contributed by atoms with Crippen molar-refractivity contribution in [3.8, 4) is 0 Å². The highest BCUT2D eigenvalue weighted by Crippen LogP contribution is 2.17. The molecule has 0 aromatic heterocycles. The third-order valence-corrected chi connectivity index (χ3v) is 2.34. The minimum Gasteiger partial charge on any atom is -0.370 e. The van der Waals surface area contributed by atoms with Gasteiger partial charge in [-0.25, -0.2) is 0 Å². The molecular weight excluding hydrogens is 164 g/mol. The van der Waals surface area contributed by atoms with Crippen molar-refractivity contribution in [3.05, 3.63) is 0 Å². The van der Waals surface area contributed by atoms with E-state index in [0.717, 1.165) is 6.54 Å². The summed E-state index contributed by atoms with van der Waals surface area (Å²) in [5, 5.41) is 3.16. The Morgan fingerprint density at radius 2 is 2.23 bits per heavy atom. The maximum atomic E-state index is 5.68. The molecule has 1 fully saturated rings. The number of rotatable bonds is 4. The second-order valence-electron chi connectivity index (χ2n) is 3.96. The highest BCUT2D eigenvalue weighted by Gasteiger charge is 2.21. The molecule has 1 saturated carbocycles. The molecule has 0 aliphatic heterocycles. The highest BCUT2D eigenvalue weighted by atomic mass is 15.2. The van der Waals surface area contributed by atoms with Crippen LogP contribution in [0.25, 0.3) is 0 Å². The number of aliphatic imine (C=N–C) groups is 1. The lowest BCUT2D eigenvalue weighted by molar-refractivity contribution is 0.321. The molecule has 1 rings (SSSR count). The third-order valence-electron chi connectivity index (χ3n) is 2.34. The summed E-state index contributed by atoms with van der Waals surface area (Å²) in [6.07, 6.45) is 2.47. The summed E-state index contributed by atoms with van der Waals surface area (Å²) in [4.78, 5) is 6.40. The van der Waals surface area contributed by atoms with E-state index in [9.17, 15) is 0 Å². The van der Waals surface area contributed by atoms with Gasteiger partial charge in [0.1, 0.15) is 0 Å². The van der Waals surface area contributed by atoms with Gasteiger partial charge in [-0.1, -0.05) is 0 Å². The number of nitrogens with two attached hydrogens (primary N) is 1. The molecule has 3 N–H and O–H groups in total. The zero-order chi connectivity index (χ0) is 9.84. The molecule has 0 aromatic rings. The van der Waals surface area contributed by atoms with Crippen molar-refractivity contribution in [1.82, 2.24) is 10.2 Å². The smallest absolute Gasteiger partial charge is 0.188 e. The van der Waals surface area contributed by atoms with Crippen molar-refractivity contribution in [2.45, 2.75) is 31.8 Å². The average Bonchev–Trinajstić information content (AvgIpc) is 2.83. The van der Waals surface area contributed by atoms with Gasteiger partial charge < -0.3 is 16.0 Å². The van der Waals surface area contributed by atoms with Crippen LogP contribution < -0.4 is 11.1 Å². The van der Waals surface area contributed by atoms with Gasteiger partial charge in [0.05, 0.1) is 6.54 Å². The van der Waals surface area contributed by atoms with E-state index in [1.165, 1.54) is 12.8 Å². The van der Waals surface area contributed by atoms with Crippen LogP contribution in [0.3, 0.4) is 0 Å². The van der Waals surface area contributed by atoms with E-state index in [4.69, 9.17) is 5.73 Å². The van der Waals surface area contributed by atoms with Gasteiger partial charge >= 0.3 is 0 Å². The molecule has 4 nitrogen and oxygen atoms in total. The topological polar surface area (TPSA) is 53.6 Å². The van der Waals surface area contributed by atoms with Crippen LogP contribution in [0.1, 0.15) is 19.8 Å². The molecule has 1 aliphatic carbocycles. The quantitative estimate of drug-likeness (QED) is 0.478. The Bertz CT molecular complexity index is 184. The standard InChI is InChI=1S/C9H20N4/c1-7(13(2)3)6-11-9(10)12-8-4-5-8/h7-8H,4-6H2,1-3H3,(H3,10,11,12)/t7-/m1/s1. The molecule has 1 atom stereocenters. The number of hydrogen-bond donors (Lipinski definition) is 2. The van der Waals surface area contributed by atoms with Gasteiger partial charge in [-0.2, -0.15) is 0 Å². The maximum Gasteiger partial charge on any atom is 0.188 e. The summed E-state index contributed by atoms with van der Waals surface area (Å²) in [6, 6.07) is 1.04. The summed E-state index contributed by atoms with van der Waals surface area (Å²) < 4.78 is 0. The van der Waals surface area contributed by atoms with Crippen LogP contribution in [-0.2, 0) is 0 Å². The van der Waals surface area contributed by atoms with Crippen LogP contribution >= 0.6 is 0 Å². The Balaban J connectivity index is 2.20. The van der Waals surface area contributed by atoms with Crippen LogP contribution in [0, 0.1) is 0 Å². The van der Waals surface area contributed by atoms with Crippen molar-refractivity contribution in [3.63, 3.8) is 0 Å². The average molecular weight is 184 g/mol. The first kappa shape index (κ1) is 10.3. The predicted molar refractivity (Wildman–Crippen MR) is 55.8 cm³/mol. The minimum absolute atomic E-state index is 0.444. The highest BCUT2D eigenvalue weighted by molar-refractivity contribution is 5.78. The number of nitrogens with one attached hydrogen (secondary N) is 1. The molecule has 4 heteroatoms. The molecule has 0 aromatic carbocycles. The summed E-state index contributed by atoms with van der Waals surface area (Å²) >= 11 is 0. The Morgan fingerprint density at radius 1 is 1.62 bits per heavy atom. The molecule has 0 spiro atoms. The first-order valence-electron chi connectivity index (χ1n) is 4.82. The van der Waals surface area contributed by atoms with Crippen molar-refractivity contribution >= 4 is 5.96 Å². The van der Waals surface area contributed by atoms with Crippen LogP contribution in [0.15, 0.2) is 4.99 Å². The number of nitrogens with zero attached hydrogens (tertiary/aromatic N) is 2. The molecule has 0 saturated heterocycles. The van der Waals surface area contributed by atoms with Crippen LogP contribution in [-0.4, -0.2) is 43.6 Å². The molecular formula is C9H20N4. The number of hydrogen-bond acceptors (Lipinski definition) is 2. The van der Waals surface area contributed by atoms with E-state index in [0.29, 0.717) is 18.0 Å². The summed E-state index contributed by atoms with van der Waals surface area (Å²) in [6.45, 7) is 2.90. The lowest BCUT2D eigenvalue weighted by atomic mass is 10.3. The SMILES string of the molecule is C[C@H](CN=C(N)NC1CC1)N(C)C. The minimum atomic E-state index is 0.444. The van der Waals surface area contributed by atoms with Crippen LogP contribution in [0.4, 0.5) is 0 Å². The molecule has 76 valence electrons. The molecule has 0 amide bonds. The van der Waals surface area contributed by atoms with Gasteiger partial charge in [0, 0.05) is 12.1 Å². The fraction of sp³-hybridized carbons (Fsp3) is 0.889. The van der Waals surface area contributed by atoms with Gasteiger partial charge in [-0.3, -0.25) is 4.99 Å². The zero-order valence-electron chi connectivity index (χ0n) is 8.75. The number of guanidine groups is 1. The normalized spacial score (nSPS) is 20.5. The fourth-order valence-corrected chi connectivity index (χ4v) is 0.876. The van der Waals surface area contributed by atoms with Crippen molar-refractivity contribution in [1.29, 1.82) is 0 Å². The van der Waals surface area contributed by atoms with Crippen molar-refractivity contribution in [2.75, 3.05) is 20.6 Å². The summed E-state index contributed by atoms with van der Waals surface area (Å²) in [5.74, 6) is 0.594. The molecule has 0 radical (unpaired) electrons. The molecule has 13 heavy (non-hydrogen) atoms. The Morgan fingerprint density at radius 3 is 2.69 bits per heavy atom. The fourth-order valence-electron chi connectivity index (χ4n) is 0.876. The Hall–Kier alpha value is -0.770. The largest absolute Gasteiger partial charge is 0.370 e. The molecule has 0 unspecified atom stereocenters. The summed E-state index contributed by atoms with van der Waals surface area (Å²) in [5.41, 5.74) is 5.68. The van der Waals surface area contributed by atoms with Crippen LogP contribution in [0.5, 0.6) is 0 Å². The lowest BCUT2D eigenvalue weighted by Crippen LogP contribution is -2.35. The number of likely N-dealkylation sites (N-methyl/N-ethyl adjacent to an activating group) is 1. The van der Waals surface area contributed by atoms with E-state index in [2.05, 4.69) is 22.1 Å². The first-order valence-corrected chi connectivity index (χ1v) is 4.82. The van der Waals surface area contributed by atoms with Gasteiger partial charge in [0.2, 0.25) is 0 Å². The first-order chi connectivity index (χ1) is 6.09. The Kier molecular flexibility index (Phi) is 3.54. The Labute approximate surface area is 80.2 Å². The van der Waals surface area contributed by atoms with E-state index in [-0.39, 0.29) is 0 Å².